The number of aromatic nitrogens is 2. The Bertz CT molecular complexity index is 1290. The summed E-state index contributed by atoms with van der Waals surface area (Å²) >= 11 is 0. The van der Waals surface area contributed by atoms with Gasteiger partial charge < -0.3 is 28.8 Å². The number of aryl methyl sites for hydroxylation is 1. The smallest absolute Gasteiger partial charge is 0.409 e. The number of hydrogen-bond acceptors (Lipinski definition) is 6. The van der Waals surface area contributed by atoms with Gasteiger partial charge in [-0.3, -0.25) is 4.79 Å². The predicted octanol–water partition coefficient (Wildman–Crippen LogP) is 2.97. The maximum Gasteiger partial charge on any atom is 0.409 e. The van der Waals surface area contributed by atoms with Crippen LogP contribution in [-0.2, 0) is 15.9 Å². The summed E-state index contributed by atoms with van der Waals surface area (Å²) in [6, 6.07) is 4.52. The van der Waals surface area contributed by atoms with Crippen molar-refractivity contribution in [2.75, 3.05) is 41.0 Å². The van der Waals surface area contributed by atoms with E-state index in [0.717, 1.165) is 11.6 Å². The van der Waals surface area contributed by atoms with Crippen LogP contribution < -0.4 is 10.1 Å². The number of carbonyl (C=O) groups excluding carboxylic acids is 2. The van der Waals surface area contributed by atoms with Crippen molar-refractivity contribution >= 4 is 17.6 Å². The highest BCUT2D eigenvalue weighted by atomic mass is 19.1. The molecule has 0 bridgehead atoms. The molecule has 0 radical (unpaired) electrons. The van der Waals surface area contributed by atoms with E-state index in [9.17, 15) is 9.59 Å². The summed E-state index contributed by atoms with van der Waals surface area (Å²) < 4.78 is 48.4. The maximum atomic E-state index is 15.5. The molecule has 1 aliphatic heterocycles. The minimum absolute atomic E-state index is 0.158. The van der Waals surface area contributed by atoms with Gasteiger partial charge in [-0.05, 0) is 30.7 Å². The number of carbonyl (C=O) groups is 2. The Balaban J connectivity index is 1.86. The van der Waals surface area contributed by atoms with Crippen LogP contribution in [0.4, 0.5) is 13.6 Å². The van der Waals surface area contributed by atoms with Crippen LogP contribution in [0.15, 0.2) is 24.4 Å². The second kappa shape index (κ2) is 9.87. The van der Waals surface area contributed by atoms with Gasteiger partial charge in [0.2, 0.25) is 0 Å². The number of fused-ring (bicyclic) bond motifs is 1. The summed E-state index contributed by atoms with van der Waals surface area (Å²) in [4.78, 5) is 30.2. The van der Waals surface area contributed by atoms with Gasteiger partial charge >= 0.3 is 6.09 Å². The molecule has 9 nitrogen and oxygen atoms in total. The predicted molar refractivity (Wildman–Crippen MR) is 123 cm³/mol. The molecule has 2 amide bonds. The van der Waals surface area contributed by atoms with Crippen molar-refractivity contribution in [1.29, 1.82) is 0 Å². The molecule has 186 valence electrons. The Morgan fingerprint density at radius 2 is 2.06 bits per heavy atom. The number of imidazole rings is 1. The van der Waals surface area contributed by atoms with E-state index in [1.807, 2.05) is 19.1 Å². The molecule has 1 atom stereocenters. The Hall–Kier alpha value is -3.73. The highest BCUT2D eigenvalue weighted by Crippen LogP contribution is 2.39. The molecular formula is C24H26F2N4O5. The van der Waals surface area contributed by atoms with Crippen LogP contribution >= 0.6 is 0 Å². The van der Waals surface area contributed by atoms with Gasteiger partial charge in [-0.1, -0.05) is 0 Å². The zero-order valence-corrected chi connectivity index (χ0v) is 19.9. The van der Waals surface area contributed by atoms with Crippen LogP contribution in [0.2, 0.25) is 0 Å². The third kappa shape index (κ3) is 4.51. The number of rotatable bonds is 5. The fourth-order valence-electron chi connectivity index (χ4n) is 4.26. The van der Waals surface area contributed by atoms with Gasteiger partial charge in [-0.25, -0.2) is 18.6 Å². The topological polar surface area (TPSA) is 94.4 Å². The Morgan fingerprint density at radius 3 is 2.74 bits per heavy atom. The zero-order chi connectivity index (χ0) is 25.3. The van der Waals surface area contributed by atoms with Crippen LogP contribution in [0.5, 0.6) is 5.75 Å². The normalized spacial score (nSPS) is 15.8. The van der Waals surface area contributed by atoms with E-state index in [-0.39, 0.29) is 24.2 Å². The molecular weight excluding hydrogens is 462 g/mol. The van der Waals surface area contributed by atoms with Crippen molar-refractivity contribution in [1.82, 2.24) is 19.6 Å². The van der Waals surface area contributed by atoms with Crippen LogP contribution in [0, 0.1) is 18.6 Å². The summed E-state index contributed by atoms with van der Waals surface area (Å²) in [7, 11) is 3.83. The minimum atomic E-state index is -0.992. The third-order valence-corrected chi connectivity index (χ3v) is 5.96. The second-order valence-corrected chi connectivity index (χ2v) is 8.16. The molecule has 3 heterocycles. The van der Waals surface area contributed by atoms with Gasteiger partial charge in [-0.15, -0.1) is 0 Å². The first kappa shape index (κ1) is 24.4. The molecule has 0 unspecified atom stereocenters. The highest BCUT2D eigenvalue weighted by Gasteiger charge is 2.31. The van der Waals surface area contributed by atoms with Gasteiger partial charge in [0.1, 0.15) is 11.5 Å². The van der Waals surface area contributed by atoms with Crippen molar-refractivity contribution in [3.63, 3.8) is 0 Å². The number of ether oxygens (including phenoxy) is 3. The van der Waals surface area contributed by atoms with E-state index in [0.29, 0.717) is 24.5 Å². The van der Waals surface area contributed by atoms with Crippen LogP contribution in [0.1, 0.15) is 21.6 Å². The number of methoxy groups -OCH3 is 2. The molecule has 2 aromatic heterocycles. The molecule has 35 heavy (non-hydrogen) atoms. The van der Waals surface area contributed by atoms with Crippen molar-refractivity contribution < 1.29 is 32.6 Å². The van der Waals surface area contributed by atoms with E-state index in [1.54, 1.807) is 10.6 Å². The third-order valence-electron chi connectivity index (χ3n) is 5.96. The first-order valence-corrected chi connectivity index (χ1v) is 11.0. The number of hydrogen-bond donors (Lipinski definition) is 1. The average molecular weight is 488 g/mol. The van der Waals surface area contributed by atoms with Crippen molar-refractivity contribution in [3.05, 3.63) is 52.9 Å². The van der Waals surface area contributed by atoms with E-state index in [1.165, 1.54) is 26.2 Å². The average Bonchev–Trinajstić information content (AvgIpc) is 3.20. The second-order valence-electron chi connectivity index (χ2n) is 8.16. The number of nitrogens with one attached hydrogen (secondary N) is 1. The quantitative estimate of drug-likeness (QED) is 0.594. The number of nitrogens with zero attached hydrogens (tertiary/aromatic N) is 3. The van der Waals surface area contributed by atoms with Crippen molar-refractivity contribution in [2.24, 2.45) is 0 Å². The Kier molecular flexibility index (Phi) is 6.88. The van der Waals surface area contributed by atoms with Gasteiger partial charge in [0, 0.05) is 26.2 Å². The highest BCUT2D eigenvalue weighted by molar-refractivity contribution is 5.96. The fraction of sp³-hybridized carbons (Fsp3) is 0.375. The largest absolute Gasteiger partial charge is 0.493 e. The molecule has 1 aliphatic rings. The van der Waals surface area contributed by atoms with Gasteiger partial charge in [0.05, 0.1) is 56.0 Å². The Morgan fingerprint density at radius 1 is 1.29 bits per heavy atom. The number of benzene rings is 1. The van der Waals surface area contributed by atoms with Gasteiger partial charge in [-0.2, -0.15) is 0 Å². The van der Waals surface area contributed by atoms with Crippen LogP contribution in [-0.4, -0.2) is 73.4 Å². The molecule has 0 spiro atoms. The molecule has 1 saturated heterocycles. The SMILES string of the molecule is CNC(=O)c1cc(F)c(-c2nc3cc(C)ccn3c2C[C@H]2CN(C(=O)OC)CCO2)c(OC)c1F. The molecule has 11 heteroatoms. The van der Waals surface area contributed by atoms with Gasteiger partial charge in [0.15, 0.2) is 11.6 Å². The molecule has 4 rings (SSSR count). The summed E-state index contributed by atoms with van der Waals surface area (Å²) in [5, 5.41) is 2.29. The molecule has 1 N–H and O–H groups in total. The zero-order valence-electron chi connectivity index (χ0n) is 19.9. The van der Waals surface area contributed by atoms with E-state index >= 15 is 8.78 Å². The van der Waals surface area contributed by atoms with E-state index in [4.69, 9.17) is 14.2 Å². The maximum absolute atomic E-state index is 15.5. The lowest BCUT2D eigenvalue weighted by Gasteiger charge is -2.32. The molecule has 0 saturated carbocycles. The summed E-state index contributed by atoms with van der Waals surface area (Å²) in [6.07, 6.45) is 1.13. The van der Waals surface area contributed by atoms with Gasteiger partial charge in [0.25, 0.3) is 5.91 Å². The van der Waals surface area contributed by atoms with E-state index < -0.39 is 41.1 Å². The number of halogens is 2. The number of morpholine rings is 1. The lowest BCUT2D eigenvalue weighted by atomic mass is 10.0. The van der Waals surface area contributed by atoms with Crippen LogP contribution in [0.25, 0.3) is 16.9 Å². The van der Waals surface area contributed by atoms with Crippen molar-refractivity contribution in [2.45, 2.75) is 19.4 Å². The molecule has 1 aromatic carbocycles. The molecule has 3 aromatic rings. The monoisotopic (exact) mass is 488 g/mol. The van der Waals surface area contributed by atoms with Crippen molar-refractivity contribution in [3.8, 4) is 17.0 Å². The first-order valence-electron chi connectivity index (χ1n) is 11.0. The lowest BCUT2D eigenvalue weighted by molar-refractivity contribution is -0.0241. The summed E-state index contributed by atoms with van der Waals surface area (Å²) in [5.41, 5.74) is 1.48. The van der Waals surface area contributed by atoms with Crippen LogP contribution in [0.3, 0.4) is 0 Å². The standard InChI is InChI=1S/C24H26F2N4O5/c1-13-5-6-30-17(10-14-12-29(7-8-35-14)24(32)34-4)21(28-18(30)9-13)19-16(25)11-15(23(31)27-2)20(26)22(19)33-3/h5-6,9,11,14H,7-8,10,12H2,1-4H3,(H,27,31)/t14-/m0/s1. The fourth-order valence-corrected chi connectivity index (χ4v) is 4.26. The molecule has 1 fully saturated rings. The minimum Gasteiger partial charge on any atom is -0.493 e. The number of pyridine rings is 1. The van der Waals surface area contributed by atoms with E-state index in [2.05, 4.69) is 10.3 Å². The summed E-state index contributed by atoms with van der Waals surface area (Å²) in [6.45, 7) is 2.84. The molecule has 0 aliphatic carbocycles. The lowest BCUT2D eigenvalue weighted by Crippen LogP contribution is -2.46. The number of amides is 2. The summed E-state index contributed by atoms with van der Waals surface area (Å²) in [5.74, 6) is -3.06. The first-order chi connectivity index (χ1) is 16.8. The Labute approximate surface area is 200 Å².